The van der Waals surface area contributed by atoms with Gasteiger partial charge in [0.2, 0.25) is 0 Å². The SMILES string of the molecule is C(#Cc1cc2cc3sc(C#Cc4ccccc4)cc3cc2s1)c1ccccc1. The van der Waals surface area contributed by atoms with Gasteiger partial charge in [0.15, 0.2) is 0 Å². The molecule has 0 spiro atoms. The van der Waals surface area contributed by atoms with Gasteiger partial charge < -0.3 is 0 Å². The summed E-state index contributed by atoms with van der Waals surface area (Å²) in [6.45, 7) is 0. The van der Waals surface area contributed by atoms with Crippen LogP contribution in [0.3, 0.4) is 0 Å². The van der Waals surface area contributed by atoms with Crippen LogP contribution < -0.4 is 0 Å². The van der Waals surface area contributed by atoms with E-state index in [0.717, 1.165) is 20.9 Å². The van der Waals surface area contributed by atoms with Gasteiger partial charge >= 0.3 is 0 Å². The Morgan fingerprint density at radius 2 is 0.893 bits per heavy atom. The Morgan fingerprint density at radius 3 is 1.32 bits per heavy atom. The molecular formula is C26H14S2. The summed E-state index contributed by atoms with van der Waals surface area (Å²) in [4.78, 5) is 2.20. The lowest BCUT2D eigenvalue weighted by Gasteiger charge is -1.89. The molecule has 5 rings (SSSR count). The lowest BCUT2D eigenvalue weighted by atomic mass is 10.2. The van der Waals surface area contributed by atoms with Crippen molar-refractivity contribution in [1.29, 1.82) is 0 Å². The molecule has 0 unspecified atom stereocenters. The molecule has 0 aliphatic carbocycles. The van der Waals surface area contributed by atoms with Crippen molar-refractivity contribution in [2.45, 2.75) is 0 Å². The van der Waals surface area contributed by atoms with Crippen LogP contribution in [-0.2, 0) is 0 Å². The van der Waals surface area contributed by atoms with E-state index in [2.05, 4.69) is 47.9 Å². The molecule has 0 radical (unpaired) electrons. The van der Waals surface area contributed by atoms with Crippen LogP contribution in [0, 0.1) is 23.7 Å². The predicted octanol–water partition coefficient (Wildman–Crippen LogP) is 6.92. The molecular weight excluding hydrogens is 376 g/mol. The number of benzene rings is 3. The maximum atomic E-state index is 3.30. The highest BCUT2D eigenvalue weighted by molar-refractivity contribution is 7.21. The Balaban J connectivity index is 1.47. The first-order chi connectivity index (χ1) is 13.8. The average Bonchev–Trinajstić information content (AvgIpc) is 3.32. The molecule has 0 bridgehead atoms. The molecule has 2 heterocycles. The first-order valence-electron chi connectivity index (χ1n) is 8.95. The number of fused-ring (bicyclic) bond motifs is 2. The Hall–Kier alpha value is -3.30. The third-order valence-corrected chi connectivity index (χ3v) is 6.39. The summed E-state index contributed by atoms with van der Waals surface area (Å²) in [5.41, 5.74) is 2.09. The van der Waals surface area contributed by atoms with Crippen LogP contribution in [0.5, 0.6) is 0 Å². The minimum atomic E-state index is 1.04. The van der Waals surface area contributed by atoms with Gasteiger partial charge in [-0.25, -0.2) is 0 Å². The van der Waals surface area contributed by atoms with Gasteiger partial charge in [0.05, 0.1) is 9.75 Å². The Morgan fingerprint density at radius 1 is 0.464 bits per heavy atom. The molecule has 0 saturated heterocycles. The van der Waals surface area contributed by atoms with E-state index in [4.69, 9.17) is 0 Å². The van der Waals surface area contributed by atoms with Crippen molar-refractivity contribution >= 4 is 42.8 Å². The van der Waals surface area contributed by atoms with E-state index < -0.39 is 0 Å². The molecule has 0 fully saturated rings. The van der Waals surface area contributed by atoms with Gasteiger partial charge in [-0.1, -0.05) is 60.1 Å². The maximum absolute atomic E-state index is 3.30. The molecule has 0 aliphatic rings. The lowest BCUT2D eigenvalue weighted by Crippen LogP contribution is -1.70. The van der Waals surface area contributed by atoms with Crippen molar-refractivity contribution in [2.24, 2.45) is 0 Å². The van der Waals surface area contributed by atoms with E-state index in [0.29, 0.717) is 0 Å². The molecule has 0 saturated carbocycles. The van der Waals surface area contributed by atoms with Crippen LogP contribution in [-0.4, -0.2) is 0 Å². The molecule has 0 nitrogen and oxygen atoms in total. The zero-order valence-electron chi connectivity index (χ0n) is 14.9. The van der Waals surface area contributed by atoms with Crippen molar-refractivity contribution in [2.75, 3.05) is 0 Å². The van der Waals surface area contributed by atoms with Crippen molar-refractivity contribution in [3.63, 3.8) is 0 Å². The topological polar surface area (TPSA) is 0 Å². The van der Waals surface area contributed by atoms with Crippen LogP contribution >= 0.6 is 22.7 Å². The van der Waals surface area contributed by atoms with E-state index in [1.807, 2.05) is 60.7 Å². The monoisotopic (exact) mass is 390 g/mol. The van der Waals surface area contributed by atoms with E-state index in [1.54, 1.807) is 22.7 Å². The highest BCUT2D eigenvalue weighted by atomic mass is 32.1. The van der Waals surface area contributed by atoms with E-state index in [1.165, 1.54) is 20.2 Å². The number of thiophene rings is 2. The molecule has 0 aliphatic heterocycles. The fourth-order valence-corrected chi connectivity index (χ4v) is 4.90. The minimum Gasteiger partial charge on any atom is -0.127 e. The zero-order chi connectivity index (χ0) is 18.8. The van der Waals surface area contributed by atoms with Crippen molar-refractivity contribution < 1.29 is 0 Å². The van der Waals surface area contributed by atoms with Gasteiger partial charge in [-0.2, -0.15) is 0 Å². The van der Waals surface area contributed by atoms with Crippen LogP contribution in [0.1, 0.15) is 20.9 Å². The minimum absolute atomic E-state index is 1.04. The van der Waals surface area contributed by atoms with Crippen LogP contribution in [0.4, 0.5) is 0 Å². The van der Waals surface area contributed by atoms with Crippen LogP contribution in [0.2, 0.25) is 0 Å². The largest absolute Gasteiger partial charge is 0.127 e. The summed E-state index contributed by atoms with van der Waals surface area (Å²) < 4.78 is 2.54. The number of hydrogen-bond donors (Lipinski definition) is 0. The number of rotatable bonds is 0. The third kappa shape index (κ3) is 3.57. The average molecular weight is 391 g/mol. The first kappa shape index (κ1) is 16.8. The highest BCUT2D eigenvalue weighted by Gasteiger charge is 2.05. The van der Waals surface area contributed by atoms with Gasteiger partial charge in [0.25, 0.3) is 0 Å². The van der Waals surface area contributed by atoms with Gasteiger partial charge in [-0.05, 0) is 59.3 Å². The van der Waals surface area contributed by atoms with E-state index in [9.17, 15) is 0 Å². The Kier molecular flexibility index (Phi) is 4.43. The molecule has 0 N–H and O–H groups in total. The van der Waals surface area contributed by atoms with Crippen molar-refractivity contribution in [3.8, 4) is 23.7 Å². The second-order valence-corrected chi connectivity index (χ2v) is 8.55. The Labute approximate surface area is 172 Å². The normalized spacial score (nSPS) is 10.3. The van der Waals surface area contributed by atoms with Gasteiger partial charge in [-0.15, -0.1) is 22.7 Å². The van der Waals surface area contributed by atoms with Crippen molar-refractivity contribution in [1.82, 2.24) is 0 Å². The summed E-state index contributed by atoms with van der Waals surface area (Å²) in [6.07, 6.45) is 0. The molecule has 3 aromatic carbocycles. The Bertz CT molecular complexity index is 1240. The lowest BCUT2D eigenvalue weighted by molar-refractivity contribution is 1.65. The fraction of sp³-hybridized carbons (Fsp3) is 0. The van der Waals surface area contributed by atoms with Gasteiger partial charge in [-0.3, -0.25) is 0 Å². The van der Waals surface area contributed by atoms with Crippen molar-refractivity contribution in [3.05, 3.63) is 106 Å². The third-order valence-electron chi connectivity index (χ3n) is 4.36. The summed E-state index contributed by atoms with van der Waals surface area (Å²) in [5, 5.41) is 2.50. The smallest absolute Gasteiger partial charge is 0.0784 e. The summed E-state index contributed by atoms with van der Waals surface area (Å²) >= 11 is 3.49. The molecule has 5 aromatic rings. The maximum Gasteiger partial charge on any atom is 0.0784 e. The molecule has 2 aromatic heterocycles. The zero-order valence-corrected chi connectivity index (χ0v) is 16.5. The second-order valence-electron chi connectivity index (χ2n) is 6.38. The fourth-order valence-electron chi connectivity index (χ4n) is 3.01. The first-order valence-corrected chi connectivity index (χ1v) is 10.6. The number of hydrogen-bond acceptors (Lipinski definition) is 2. The van der Waals surface area contributed by atoms with Crippen LogP contribution in [0.25, 0.3) is 20.2 Å². The highest BCUT2D eigenvalue weighted by Crippen LogP contribution is 2.33. The molecule has 2 heteroatoms. The molecule has 130 valence electrons. The standard InChI is InChI=1S/C26H14S2/c1-3-7-19(8-4-1)11-13-23-15-21-17-26-22(18-25(21)27-23)16-24(28-26)14-12-20-9-5-2-6-10-20/h1-10,15-18H. The summed E-state index contributed by atoms with van der Waals surface area (Å²) in [6, 6.07) is 29.1. The van der Waals surface area contributed by atoms with E-state index >= 15 is 0 Å². The second kappa shape index (κ2) is 7.37. The predicted molar refractivity (Wildman–Crippen MR) is 122 cm³/mol. The molecule has 0 amide bonds. The molecule has 0 atom stereocenters. The van der Waals surface area contributed by atoms with Crippen LogP contribution in [0.15, 0.2) is 84.9 Å². The van der Waals surface area contributed by atoms with Gasteiger partial charge in [0.1, 0.15) is 0 Å². The summed E-state index contributed by atoms with van der Waals surface area (Å²) in [5.74, 6) is 13.1. The molecule has 28 heavy (non-hydrogen) atoms. The van der Waals surface area contributed by atoms with E-state index in [-0.39, 0.29) is 0 Å². The van der Waals surface area contributed by atoms with Gasteiger partial charge in [0, 0.05) is 20.5 Å². The quantitative estimate of drug-likeness (QED) is 0.252. The summed E-state index contributed by atoms with van der Waals surface area (Å²) in [7, 11) is 0.